The van der Waals surface area contributed by atoms with Gasteiger partial charge in [0.25, 0.3) is 0 Å². The molecule has 1 saturated heterocycles. The van der Waals surface area contributed by atoms with E-state index >= 15 is 0 Å². The van der Waals surface area contributed by atoms with Crippen molar-refractivity contribution in [1.29, 1.82) is 0 Å². The third-order valence-electron chi connectivity index (χ3n) is 8.28. The fraction of sp³-hybridized carbons (Fsp3) is 0.448. The second-order valence-corrected chi connectivity index (χ2v) is 12.9. The van der Waals surface area contributed by atoms with Crippen molar-refractivity contribution in [2.75, 3.05) is 25.4 Å². The number of sulfonamides is 1. The van der Waals surface area contributed by atoms with Crippen molar-refractivity contribution in [2.45, 2.75) is 44.4 Å². The number of aromatic nitrogens is 3. The van der Waals surface area contributed by atoms with Gasteiger partial charge in [-0.05, 0) is 74.6 Å². The second-order valence-electron chi connectivity index (χ2n) is 10.9. The molecule has 6 rings (SSSR count). The molecule has 2 aliphatic rings. The monoisotopic (exact) mass is 554 g/mol. The van der Waals surface area contributed by atoms with Crippen LogP contribution in [0.4, 0.5) is 8.78 Å². The van der Waals surface area contributed by atoms with Crippen LogP contribution in [0.15, 0.2) is 48.9 Å². The fourth-order valence-electron chi connectivity index (χ4n) is 6.25. The fourth-order valence-corrected chi connectivity index (χ4v) is 8.24. The molecule has 4 aromatic rings. The van der Waals surface area contributed by atoms with Crippen LogP contribution < -0.4 is 4.74 Å². The number of fused-ring (bicyclic) bond motifs is 3. The number of pyridine rings is 2. The molecule has 0 spiro atoms. The molecule has 1 saturated carbocycles. The molecule has 3 aromatic heterocycles. The summed E-state index contributed by atoms with van der Waals surface area (Å²) >= 11 is 0. The standard InChI is InChI=1S/C29H32F2N4O3S/c30-23-7-8-26(25(31)14-23)38-17-20-2-1-13-35(16-20)39(36,37)18-19-3-5-21(6-4-19)28-27-22(9-11-32-28)15-34-29-24(27)10-12-33-29/h7-12,14-15,19-21,32H,1-6,13,16-18H2. The summed E-state index contributed by atoms with van der Waals surface area (Å²) in [6.45, 7) is 1.06. The first kappa shape index (κ1) is 26.1. The molecular formula is C29H32F2N4O3S. The molecular weight excluding hydrogens is 522 g/mol. The molecule has 1 aliphatic carbocycles. The first-order valence-corrected chi connectivity index (χ1v) is 15.2. The van der Waals surface area contributed by atoms with E-state index < -0.39 is 21.7 Å². The highest BCUT2D eigenvalue weighted by molar-refractivity contribution is 7.89. The molecule has 1 aromatic carbocycles. The van der Waals surface area contributed by atoms with Crippen LogP contribution in [-0.2, 0) is 10.0 Å². The maximum atomic E-state index is 13.9. The van der Waals surface area contributed by atoms with Crippen molar-refractivity contribution < 1.29 is 21.9 Å². The van der Waals surface area contributed by atoms with Crippen molar-refractivity contribution in [3.8, 4) is 5.75 Å². The van der Waals surface area contributed by atoms with Gasteiger partial charge in [0.05, 0.1) is 12.4 Å². The summed E-state index contributed by atoms with van der Waals surface area (Å²) in [7, 11) is -3.42. The normalized spacial score (nSPS) is 22.9. The average molecular weight is 555 g/mol. The van der Waals surface area contributed by atoms with Gasteiger partial charge in [0.1, 0.15) is 5.82 Å². The number of nitrogens with one attached hydrogen (secondary N) is 1. The Balaban J connectivity index is 1.07. The Bertz CT molecular complexity index is 1580. The molecule has 10 heteroatoms. The maximum Gasteiger partial charge on any atom is 0.214 e. The molecule has 0 radical (unpaired) electrons. The molecule has 1 aliphatic heterocycles. The summed E-state index contributed by atoms with van der Waals surface area (Å²) in [6.07, 6.45) is 10.7. The zero-order valence-electron chi connectivity index (χ0n) is 21.7. The van der Waals surface area contributed by atoms with Gasteiger partial charge >= 0.3 is 0 Å². The highest BCUT2D eigenvalue weighted by Gasteiger charge is 2.33. The Morgan fingerprint density at radius 3 is 2.69 bits per heavy atom. The molecule has 0 bridgehead atoms. The molecule has 0 amide bonds. The van der Waals surface area contributed by atoms with Crippen LogP contribution in [-0.4, -0.2) is 53.1 Å². The summed E-state index contributed by atoms with van der Waals surface area (Å²) in [5.41, 5.74) is 1.93. The smallest absolute Gasteiger partial charge is 0.214 e. The number of halogens is 2. The zero-order chi connectivity index (χ0) is 27.0. The van der Waals surface area contributed by atoms with Crippen LogP contribution in [0.3, 0.4) is 0 Å². The van der Waals surface area contributed by atoms with Gasteiger partial charge in [0, 0.05) is 65.5 Å². The van der Waals surface area contributed by atoms with Crippen molar-refractivity contribution in [3.63, 3.8) is 0 Å². The number of rotatable bonds is 7. The predicted molar refractivity (Wildman–Crippen MR) is 146 cm³/mol. The quantitative estimate of drug-likeness (QED) is 0.313. The van der Waals surface area contributed by atoms with Gasteiger partial charge in [-0.1, -0.05) is 0 Å². The Labute approximate surface area is 226 Å². The first-order valence-electron chi connectivity index (χ1n) is 13.6. The number of ether oxygens (including phenoxy) is 1. The topological polar surface area (TPSA) is 88.2 Å². The molecule has 7 nitrogen and oxygen atoms in total. The van der Waals surface area contributed by atoms with Crippen LogP contribution in [0.1, 0.15) is 50.1 Å². The van der Waals surface area contributed by atoms with E-state index in [9.17, 15) is 17.2 Å². The Morgan fingerprint density at radius 1 is 1.03 bits per heavy atom. The van der Waals surface area contributed by atoms with E-state index in [1.54, 1.807) is 10.5 Å². The molecule has 1 atom stereocenters. The van der Waals surface area contributed by atoms with Crippen LogP contribution in [0, 0.1) is 23.5 Å². The van der Waals surface area contributed by atoms with Gasteiger partial charge in [-0.15, -0.1) is 0 Å². The van der Waals surface area contributed by atoms with E-state index in [1.807, 2.05) is 24.5 Å². The minimum absolute atomic E-state index is 0.0109. The van der Waals surface area contributed by atoms with Gasteiger partial charge in [-0.2, -0.15) is 0 Å². The molecule has 39 heavy (non-hydrogen) atoms. The van der Waals surface area contributed by atoms with Crippen LogP contribution in [0.5, 0.6) is 5.75 Å². The van der Waals surface area contributed by atoms with Crippen LogP contribution in [0.25, 0.3) is 21.8 Å². The van der Waals surface area contributed by atoms with Gasteiger partial charge in [-0.3, -0.25) is 0 Å². The van der Waals surface area contributed by atoms with Crippen molar-refractivity contribution >= 4 is 31.8 Å². The molecule has 4 heterocycles. The Kier molecular flexibility index (Phi) is 7.24. The molecule has 1 N–H and O–H groups in total. The van der Waals surface area contributed by atoms with Gasteiger partial charge < -0.3 is 9.72 Å². The number of aromatic amines is 1. The third kappa shape index (κ3) is 5.49. The molecule has 1 unspecified atom stereocenters. The van der Waals surface area contributed by atoms with E-state index in [4.69, 9.17) is 4.74 Å². The van der Waals surface area contributed by atoms with Crippen LogP contribution >= 0.6 is 0 Å². The predicted octanol–water partition coefficient (Wildman–Crippen LogP) is 5.78. The lowest BCUT2D eigenvalue weighted by atomic mass is 9.80. The highest BCUT2D eigenvalue weighted by atomic mass is 32.2. The minimum Gasteiger partial charge on any atom is -0.490 e. The number of piperidine rings is 1. The van der Waals surface area contributed by atoms with Crippen LogP contribution in [0.2, 0.25) is 0 Å². The third-order valence-corrected chi connectivity index (χ3v) is 10.3. The van der Waals surface area contributed by atoms with E-state index in [-0.39, 0.29) is 29.9 Å². The van der Waals surface area contributed by atoms with Crippen molar-refractivity contribution in [3.05, 3.63) is 66.3 Å². The van der Waals surface area contributed by atoms with Gasteiger partial charge in [-0.25, -0.2) is 31.5 Å². The molecule has 206 valence electrons. The lowest BCUT2D eigenvalue weighted by Crippen LogP contribution is -2.43. The minimum atomic E-state index is -3.42. The van der Waals surface area contributed by atoms with E-state index in [2.05, 4.69) is 15.0 Å². The summed E-state index contributed by atoms with van der Waals surface area (Å²) < 4.78 is 61.0. The number of hydrogen-bond acceptors (Lipinski definition) is 5. The van der Waals surface area contributed by atoms with Gasteiger partial charge in [0.15, 0.2) is 17.2 Å². The summed E-state index contributed by atoms with van der Waals surface area (Å²) in [6, 6.07) is 7.25. The van der Waals surface area contributed by atoms with Gasteiger partial charge in [0.2, 0.25) is 10.0 Å². The number of H-pyrrole nitrogens is 1. The Hall–Kier alpha value is -3.11. The number of benzene rings is 1. The van der Waals surface area contributed by atoms with Crippen molar-refractivity contribution in [2.24, 2.45) is 11.8 Å². The highest BCUT2D eigenvalue weighted by Crippen LogP contribution is 2.40. The summed E-state index contributed by atoms with van der Waals surface area (Å²) in [5.74, 6) is -0.853. The van der Waals surface area contributed by atoms with E-state index in [0.717, 1.165) is 72.5 Å². The van der Waals surface area contributed by atoms with E-state index in [1.165, 1.54) is 11.8 Å². The van der Waals surface area contributed by atoms with Crippen molar-refractivity contribution in [1.82, 2.24) is 19.3 Å². The second kappa shape index (κ2) is 10.8. The summed E-state index contributed by atoms with van der Waals surface area (Å²) in [4.78, 5) is 12.3. The first-order chi connectivity index (χ1) is 18.9. The largest absolute Gasteiger partial charge is 0.490 e. The average Bonchev–Trinajstić information content (AvgIpc) is 3.42. The van der Waals surface area contributed by atoms with E-state index in [0.29, 0.717) is 19.0 Å². The maximum absolute atomic E-state index is 13.9. The lowest BCUT2D eigenvalue weighted by molar-refractivity contribution is 0.175. The lowest BCUT2D eigenvalue weighted by Gasteiger charge is -2.34. The zero-order valence-corrected chi connectivity index (χ0v) is 22.5. The molecule has 2 fully saturated rings. The number of nitrogens with zero attached hydrogens (tertiary/aromatic N) is 3. The SMILES string of the molecule is O=S(=O)(CC1CCC(c2[nH]ccc3cnc4nccc4c23)CC1)N1CCCC(COc2ccc(F)cc2F)C1. The Morgan fingerprint density at radius 2 is 1.87 bits per heavy atom. The summed E-state index contributed by atoms with van der Waals surface area (Å²) in [5, 5.41) is 3.30. The number of hydrogen-bond donors (Lipinski definition) is 1.